The van der Waals surface area contributed by atoms with Gasteiger partial charge in [0.25, 0.3) is 5.56 Å². The molecule has 2 aromatic rings. The Morgan fingerprint density at radius 3 is 2.84 bits per heavy atom. The van der Waals surface area contributed by atoms with E-state index >= 15 is 0 Å². The van der Waals surface area contributed by atoms with Crippen molar-refractivity contribution in [2.24, 2.45) is 5.92 Å². The number of anilines is 1. The number of aryl methyl sites for hydroxylation is 1. The Hall–Kier alpha value is -1.93. The number of hydrogen-bond donors (Lipinski definition) is 4. The molecular formula is C11H17N5O3. The molecule has 2 rings (SSSR count). The van der Waals surface area contributed by atoms with Crippen molar-refractivity contribution < 1.29 is 10.2 Å². The molecule has 0 aromatic carbocycles. The number of fused-ring (bicyclic) bond motifs is 1. The van der Waals surface area contributed by atoms with E-state index < -0.39 is 0 Å². The third-order valence-corrected chi connectivity index (χ3v) is 3.01. The highest BCUT2D eigenvalue weighted by atomic mass is 16.3. The zero-order valence-corrected chi connectivity index (χ0v) is 10.6. The number of rotatable bonds is 6. The van der Waals surface area contributed by atoms with Crippen LogP contribution in [0.15, 0.2) is 11.1 Å². The standard InChI is InChI=1S/C11H17N5O3/c1-12-11-14-9-8(10(19)15-11)13-6-16(9)3-2-7(4-17)5-18/h6-7,17-18H,2-5H2,1H3,(H2,12,14,15,19). The van der Waals surface area contributed by atoms with Gasteiger partial charge in [0, 0.05) is 32.7 Å². The van der Waals surface area contributed by atoms with Crippen LogP contribution in [0.5, 0.6) is 0 Å². The Balaban J connectivity index is 2.29. The third kappa shape index (κ3) is 2.74. The molecule has 0 amide bonds. The molecule has 0 radical (unpaired) electrons. The Morgan fingerprint density at radius 1 is 1.47 bits per heavy atom. The summed E-state index contributed by atoms with van der Waals surface area (Å²) in [5.41, 5.74) is 0.472. The normalized spacial score (nSPS) is 11.4. The molecule has 2 aromatic heterocycles. The molecule has 0 spiro atoms. The van der Waals surface area contributed by atoms with Crippen molar-refractivity contribution >= 4 is 17.1 Å². The minimum atomic E-state index is -0.297. The van der Waals surface area contributed by atoms with Crippen LogP contribution in [0.3, 0.4) is 0 Å². The van der Waals surface area contributed by atoms with Crippen molar-refractivity contribution in [3.8, 4) is 0 Å². The van der Waals surface area contributed by atoms with Crippen molar-refractivity contribution in [3.63, 3.8) is 0 Å². The van der Waals surface area contributed by atoms with Crippen molar-refractivity contribution in [1.29, 1.82) is 0 Å². The number of imidazole rings is 1. The average molecular weight is 267 g/mol. The Bertz CT molecular complexity index is 602. The van der Waals surface area contributed by atoms with Crippen molar-refractivity contribution in [1.82, 2.24) is 19.5 Å². The number of aliphatic hydroxyl groups is 2. The maximum Gasteiger partial charge on any atom is 0.280 e. The Kier molecular flexibility index (Phi) is 4.13. The lowest BCUT2D eigenvalue weighted by molar-refractivity contribution is 0.140. The van der Waals surface area contributed by atoms with Crippen molar-refractivity contribution in [2.45, 2.75) is 13.0 Å². The first-order valence-electron chi connectivity index (χ1n) is 6.04. The summed E-state index contributed by atoms with van der Waals surface area (Å²) in [7, 11) is 1.67. The molecule has 0 saturated heterocycles. The van der Waals surface area contributed by atoms with Crippen LogP contribution in [0.25, 0.3) is 11.2 Å². The van der Waals surface area contributed by atoms with Crippen LogP contribution in [0, 0.1) is 5.92 Å². The van der Waals surface area contributed by atoms with Gasteiger partial charge >= 0.3 is 0 Å². The number of aromatic amines is 1. The van der Waals surface area contributed by atoms with Crippen LogP contribution < -0.4 is 10.9 Å². The second-order valence-electron chi connectivity index (χ2n) is 4.29. The van der Waals surface area contributed by atoms with E-state index in [1.807, 2.05) is 0 Å². The maximum absolute atomic E-state index is 11.7. The largest absolute Gasteiger partial charge is 0.396 e. The fourth-order valence-corrected chi connectivity index (χ4v) is 1.80. The fraction of sp³-hybridized carbons (Fsp3) is 0.545. The second-order valence-corrected chi connectivity index (χ2v) is 4.29. The number of H-pyrrole nitrogens is 1. The number of nitrogens with zero attached hydrogens (tertiary/aromatic N) is 3. The molecule has 2 heterocycles. The number of aromatic nitrogens is 4. The molecule has 0 aliphatic rings. The van der Waals surface area contributed by atoms with Crippen molar-refractivity contribution in [3.05, 3.63) is 16.7 Å². The van der Waals surface area contributed by atoms with Crippen LogP contribution >= 0.6 is 0 Å². The first-order valence-corrected chi connectivity index (χ1v) is 6.04. The van der Waals surface area contributed by atoms with Gasteiger partial charge in [-0.25, -0.2) is 4.98 Å². The second kappa shape index (κ2) is 5.81. The van der Waals surface area contributed by atoms with Gasteiger partial charge in [-0.05, 0) is 6.42 Å². The molecule has 104 valence electrons. The highest BCUT2D eigenvalue weighted by molar-refractivity contribution is 5.70. The Labute approximate surface area is 109 Å². The minimum absolute atomic E-state index is 0.0705. The molecule has 0 fully saturated rings. The van der Waals surface area contributed by atoms with Crippen molar-refractivity contribution in [2.75, 3.05) is 25.6 Å². The van der Waals surface area contributed by atoms with Crippen LogP contribution in [-0.4, -0.2) is 50.0 Å². The van der Waals surface area contributed by atoms with Gasteiger partial charge in [-0.15, -0.1) is 0 Å². The molecule has 4 N–H and O–H groups in total. The van der Waals surface area contributed by atoms with Crippen LogP contribution in [0.2, 0.25) is 0 Å². The van der Waals surface area contributed by atoms with E-state index in [2.05, 4.69) is 20.3 Å². The van der Waals surface area contributed by atoms with Gasteiger partial charge in [-0.1, -0.05) is 0 Å². The maximum atomic E-state index is 11.7. The van der Waals surface area contributed by atoms with Gasteiger partial charge in [-0.3, -0.25) is 9.78 Å². The summed E-state index contributed by atoms with van der Waals surface area (Å²) in [6.45, 7) is 0.389. The summed E-state index contributed by atoms with van der Waals surface area (Å²) in [4.78, 5) is 22.6. The minimum Gasteiger partial charge on any atom is -0.396 e. The van der Waals surface area contributed by atoms with Crippen LogP contribution in [-0.2, 0) is 6.54 Å². The van der Waals surface area contributed by atoms with E-state index in [1.165, 1.54) is 6.33 Å². The summed E-state index contributed by atoms with van der Waals surface area (Å²) >= 11 is 0. The van der Waals surface area contributed by atoms with E-state index in [4.69, 9.17) is 10.2 Å². The van der Waals surface area contributed by atoms with E-state index in [1.54, 1.807) is 11.6 Å². The van der Waals surface area contributed by atoms with Gasteiger partial charge in [0.2, 0.25) is 5.95 Å². The molecule has 0 saturated carbocycles. The molecule has 0 bridgehead atoms. The fourth-order valence-electron chi connectivity index (χ4n) is 1.80. The molecule has 8 heteroatoms. The number of nitrogens with one attached hydrogen (secondary N) is 2. The molecule has 0 atom stereocenters. The molecule has 19 heavy (non-hydrogen) atoms. The highest BCUT2D eigenvalue weighted by Gasteiger charge is 2.11. The molecule has 0 unspecified atom stereocenters. The third-order valence-electron chi connectivity index (χ3n) is 3.01. The zero-order valence-electron chi connectivity index (χ0n) is 10.6. The quantitative estimate of drug-likeness (QED) is 0.542. The van der Waals surface area contributed by atoms with Gasteiger partial charge < -0.3 is 20.1 Å². The summed E-state index contributed by atoms with van der Waals surface area (Å²) in [6, 6.07) is 0. The zero-order chi connectivity index (χ0) is 13.8. The topological polar surface area (TPSA) is 116 Å². The SMILES string of the molecule is CNc1nc2c(ncn2CCC(CO)CO)c(=O)[nH]1. The number of hydrogen-bond acceptors (Lipinski definition) is 6. The lowest BCUT2D eigenvalue weighted by atomic mass is 10.1. The predicted octanol–water partition coefficient (Wildman–Crippen LogP) is -0.848. The number of aliphatic hydroxyl groups excluding tert-OH is 2. The van der Waals surface area contributed by atoms with Gasteiger partial charge in [0.1, 0.15) is 0 Å². The van der Waals surface area contributed by atoms with Gasteiger partial charge in [0.15, 0.2) is 11.2 Å². The summed E-state index contributed by atoms with van der Waals surface area (Å²) in [6.07, 6.45) is 2.12. The average Bonchev–Trinajstić information content (AvgIpc) is 2.83. The molecule has 0 aliphatic heterocycles. The molecule has 8 nitrogen and oxygen atoms in total. The summed E-state index contributed by atoms with van der Waals surface area (Å²) < 4.78 is 1.74. The van der Waals surface area contributed by atoms with E-state index in [0.29, 0.717) is 24.6 Å². The summed E-state index contributed by atoms with van der Waals surface area (Å²) in [5, 5.41) is 20.8. The summed E-state index contributed by atoms with van der Waals surface area (Å²) in [5.74, 6) is 0.198. The lowest BCUT2D eigenvalue weighted by Gasteiger charge is -2.11. The van der Waals surface area contributed by atoms with Crippen LogP contribution in [0.4, 0.5) is 5.95 Å². The van der Waals surface area contributed by atoms with Crippen LogP contribution in [0.1, 0.15) is 6.42 Å². The molecule has 0 aliphatic carbocycles. The van der Waals surface area contributed by atoms with Gasteiger partial charge in [-0.2, -0.15) is 4.98 Å². The van der Waals surface area contributed by atoms with E-state index in [-0.39, 0.29) is 30.2 Å². The van der Waals surface area contributed by atoms with E-state index in [0.717, 1.165) is 0 Å². The highest BCUT2D eigenvalue weighted by Crippen LogP contribution is 2.10. The van der Waals surface area contributed by atoms with E-state index in [9.17, 15) is 4.79 Å². The first kappa shape index (κ1) is 13.5. The lowest BCUT2D eigenvalue weighted by Crippen LogP contribution is -2.15. The smallest absolute Gasteiger partial charge is 0.280 e. The predicted molar refractivity (Wildman–Crippen MR) is 70.0 cm³/mol. The Morgan fingerprint density at radius 2 is 2.21 bits per heavy atom. The molecular weight excluding hydrogens is 250 g/mol. The monoisotopic (exact) mass is 267 g/mol. The first-order chi connectivity index (χ1) is 9.19. The van der Waals surface area contributed by atoms with Gasteiger partial charge in [0.05, 0.1) is 6.33 Å².